The van der Waals surface area contributed by atoms with Crippen molar-refractivity contribution in [2.75, 3.05) is 5.73 Å². The second kappa shape index (κ2) is 1.91. The van der Waals surface area contributed by atoms with E-state index in [0.717, 1.165) is 11.2 Å². The van der Waals surface area contributed by atoms with Crippen LogP contribution in [-0.2, 0) is 7.05 Å². The first-order valence-corrected chi connectivity index (χ1v) is 3.22. The van der Waals surface area contributed by atoms with Crippen molar-refractivity contribution in [1.82, 2.24) is 15.0 Å². The van der Waals surface area contributed by atoms with Gasteiger partial charge in [-0.3, -0.25) is 4.98 Å². The predicted octanol–water partition coefficient (Wildman–Crippen LogP) is -0.635. The van der Waals surface area contributed by atoms with E-state index in [2.05, 4.69) is 15.0 Å². The lowest BCUT2D eigenvalue weighted by Crippen LogP contribution is -2.25. The second-order valence-electron chi connectivity index (χ2n) is 2.34. The molecular weight excluding hydrogens is 142 g/mol. The third-order valence-electron chi connectivity index (χ3n) is 1.59. The van der Waals surface area contributed by atoms with Crippen LogP contribution in [0, 0.1) is 0 Å². The van der Waals surface area contributed by atoms with Crippen LogP contribution in [0.3, 0.4) is 0 Å². The number of nitrogens with two attached hydrogens (primary N) is 1. The summed E-state index contributed by atoms with van der Waals surface area (Å²) in [6.07, 6.45) is 3.24. The Labute approximate surface area is 62.9 Å². The van der Waals surface area contributed by atoms with Gasteiger partial charge in [-0.15, -0.1) is 0 Å². The molecule has 0 amide bonds. The molecule has 0 spiro atoms. The van der Waals surface area contributed by atoms with Gasteiger partial charge in [-0.1, -0.05) is 4.98 Å². The average molecular weight is 150 g/mol. The lowest BCUT2D eigenvalue weighted by atomic mass is 10.5. The first kappa shape index (κ1) is 6.09. The minimum Gasteiger partial charge on any atom is -0.380 e. The third-order valence-corrected chi connectivity index (χ3v) is 1.59. The lowest BCUT2D eigenvalue weighted by molar-refractivity contribution is -0.646. The Kier molecular flexibility index (Phi) is 1.06. The molecule has 0 aromatic carbocycles. The number of fused-ring (bicyclic) bond motifs is 1. The molecule has 5 heteroatoms. The summed E-state index contributed by atoms with van der Waals surface area (Å²) in [7, 11) is 1.89. The summed E-state index contributed by atoms with van der Waals surface area (Å²) in [6, 6.07) is 0. The zero-order valence-electron chi connectivity index (χ0n) is 6.07. The molecular formula is C6H8N5+. The summed E-state index contributed by atoms with van der Waals surface area (Å²) < 4.78 is 1.85. The Morgan fingerprint density at radius 3 is 3.09 bits per heavy atom. The number of aromatic amines is 1. The van der Waals surface area contributed by atoms with Gasteiger partial charge in [-0.2, -0.15) is 4.98 Å². The van der Waals surface area contributed by atoms with Crippen LogP contribution in [0.2, 0.25) is 0 Å². The zero-order chi connectivity index (χ0) is 7.84. The summed E-state index contributed by atoms with van der Waals surface area (Å²) in [4.78, 5) is 10.9. The van der Waals surface area contributed by atoms with Gasteiger partial charge >= 0.3 is 5.65 Å². The molecule has 0 aliphatic carbocycles. The van der Waals surface area contributed by atoms with Crippen molar-refractivity contribution in [3.05, 3.63) is 12.7 Å². The monoisotopic (exact) mass is 150 g/mol. The van der Waals surface area contributed by atoms with Gasteiger partial charge in [0, 0.05) is 0 Å². The SMILES string of the molecule is C[n+]1c[nH]c2c(N)ncnc21. The molecule has 0 saturated carbocycles. The topological polar surface area (TPSA) is 71.5 Å². The number of hydrogen-bond acceptors (Lipinski definition) is 3. The van der Waals surface area contributed by atoms with Crippen LogP contribution < -0.4 is 10.3 Å². The Morgan fingerprint density at radius 2 is 2.36 bits per heavy atom. The maximum absolute atomic E-state index is 5.57. The van der Waals surface area contributed by atoms with E-state index in [1.54, 1.807) is 6.33 Å². The van der Waals surface area contributed by atoms with Crippen molar-refractivity contribution in [2.45, 2.75) is 0 Å². The molecule has 56 valence electrons. The Morgan fingerprint density at radius 1 is 1.55 bits per heavy atom. The van der Waals surface area contributed by atoms with Crippen LogP contribution in [0.15, 0.2) is 12.7 Å². The number of hydrogen-bond donors (Lipinski definition) is 2. The molecule has 0 saturated heterocycles. The Bertz CT molecular complexity index is 391. The van der Waals surface area contributed by atoms with E-state index in [-0.39, 0.29) is 0 Å². The highest BCUT2D eigenvalue weighted by atomic mass is 15.1. The first-order valence-electron chi connectivity index (χ1n) is 3.22. The molecule has 5 nitrogen and oxygen atoms in total. The van der Waals surface area contributed by atoms with Gasteiger partial charge in [0.15, 0.2) is 18.5 Å². The number of anilines is 1. The minimum absolute atomic E-state index is 0.482. The van der Waals surface area contributed by atoms with Crippen molar-refractivity contribution in [3.8, 4) is 0 Å². The van der Waals surface area contributed by atoms with Gasteiger partial charge in [-0.05, 0) is 0 Å². The van der Waals surface area contributed by atoms with E-state index in [0.29, 0.717) is 5.82 Å². The number of aryl methyl sites for hydroxylation is 1. The predicted molar refractivity (Wildman–Crippen MR) is 39.5 cm³/mol. The van der Waals surface area contributed by atoms with Gasteiger partial charge in [-0.25, -0.2) is 4.57 Å². The largest absolute Gasteiger partial charge is 0.380 e. The van der Waals surface area contributed by atoms with Crippen molar-refractivity contribution in [3.63, 3.8) is 0 Å². The molecule has 0 aliphatic heterocycles. The maximum atomic E-state index is 5.57. The van der Waals surface area contributed by atoms with Gasteiger partial charge in [0.05, 0.1) is 7.05 Å². The minimum atomic E-state index is 0.482. The van der Waals surface area contributed by atoms with E-state index in [1.165, 1.54) is 6.33 Å². The summed E-state index contributed by atoms with van der Waals surface area (Å²) in [5.74, 6) is 0.482. The maximum Gasteiger partial charge on any atom is 0.306 e. The van der Waals surface area contributed by atoms with Crippen LogP contribution in [0.25, 0.3) is 11.2 Å². The average Bonchev–Trinajstić information content (AvgIpc) is 2.35. The molecule has 2 aromatic rings. The summed E-state index contributed by atoms with van der Waals surface area (Å²) in [6.45, 7) is 0. The normalized spacial score (nSPS) is 10.6. The number of nitrogens with zero attached hydrogens (tertiary/aromatic N) is 3. The standard InChI is InChI=1S/C6H7N5/c1-11-3-10-4-5(7)8-2-9-6(4)11/h2-3H,1H3,(H2,7,8,9)/p+1. The van der Waals surface area contributed by atoms with E-state index in [9.17, 15) is 0 Å². The molecule has 2 rings (SSSR count). The number of H-pyrrole nitrogens is 1. The van der Waals surface area contributed by atoms with E-state index >= 15 is 0 Å². The van der Waals surface area contributed by atoms with Gasteiger partial charge in [0.25, 0.3) is 0 Å². The van der Waals surface area contributed by atoms with E-state index < -0.39 is 0 Å². The van der Waals surface area contributed by atoms with Crippen LogP contribution in [0.1, 0.15) is 0 Å². The fraction of sp³-hybridized carbons (Fsp3) is 0.167. The molecule has 0 atom stereocenters. The summed E-state index contributed by atoms with van der Waals surface area (Å²) >= 11 is 0. The lowest BCUT2D eigenvalue weighted by Gasteiger charge is -1.86. The van der Waals surface area contributed by atoms with Gasteiger partial charge < -0.3 is 5.73 Å². The number of rotatable bonds is 0. The second-order valence-corrected chi connectivity index (χ2v) is 2.34. The van der Waals surface area contributed by atoms with Gasteiger partial charge in [0.1, 0.15) is 0 Å². The molecule has 2 heterocycles. The van der Waals surface area contributed by atoms with Crippen LogP contribution in [-0.4, -0.2) is 15.0 Å². The zero-order valence-corrected chi connectivity index (χ0v) is 6.07. The fourth-order valence-corrected chi connectivity index (χ4v) is 1.02. The number of nitrogens with one attached hydrogen (secondary N) is 1. The highest BCUT2D eigenvalue weighted by molar-refractivity contribution is 5.77. The number of aromatic nitrogens is 4. The highest BCUT2D eigenvalue weighted by Gasteiger charge is 2.10. The Hall–Kier alpha value is -1.65. The van der Waals surface area contributed by atoms with Crippen molar-refractivity contribution < 1.29 is 4.57 Å². The third kappa shape index (κ3) is 0.739. The van der Waals surface area contributed by atoms with Crippen molar-refractivity contribution in [2.24, 2.45) is 7.05 Å². The van der Waals surface area contributed by atoms with Crippen LogP contribution in [0.4, 0.5) is 5.82 Å². The van der Waals surface area contributed by atoms with Gasteiger partial charge in [0.2, 0.25) is 5.52 Å². The molecule has 11 heavy (non-hydrogen) atoms. The highest BCUT2D eigenvalue weighted by Crippen LogP contribution is 2.07. The molecule has 3 N–H and O–H groups in total. The van der Waals surface area contributed by atoms with E-state index in [1.807, 2.05) is 11.6 Å². The summed E-state index contributed by atoms with van der Waals surface area (Å²) in [5.41, 5.74) is 7.18. The van der Waals surface area contributed by atoms with Crippen LogP contribution >= 0.6 is 0 Å². The molecule has 0 fully saturated rings. The number of nitrogen functional groups attached to an aromatic ring is 1. The van der Waals surface area contributed by atoms with Crippen LogP contribution in [0.5, 0.6) is 0 Å². The molecule has 2 aromatic heterocycles. The smallest absolute Gasteiger partial charge is 0.306 e. The molecule has 0 unspecified atom stereocenters. The molecule has 0 aliphatic rings. The molecule has 0 radical (unpaired) electrons. The van der Waals surface area contributed by atoms with E-state index in [4.69, 9.17) is 5.73 Å². The quantitative estimate of drug-likeness (QED) is 0.491. The summed E-state index contributed by atoms with van der Waals surface area (Å²) in [5, 5.41) is 0. The molecule has 0 bridgehead atoms. The Balaban J connectivity index is 2.94. The fourth-order valence-electron chi connectivity index (χ4n) is 1.02. The number of imidazole rings is 1. The van der Waals surface area contributed by atoms with Crippen molar-refractivity contribution in [1.29, 1.82) is 0 Å². The first-order chi connectivity index (χ1) is 5.29. The van der Waals surface area contributed by atoms with Crippen molar-refractivity contribution >= 4 is 17.0 Å².